The van der Waals surface area contributed by atoms with Crippen molar-refractivity contribution in [1.82, 2.24) is 4.98 Å². The normalized spacial score (nSPS) is 15.7. The van der Waals surface area contributed by atoms with Crippen LogP contribution in [0, 0.1) is 12.0 Å². The van der Waals surface area contributed by atoms with Gasteiger partial charge in [-0.3, -0.25) is 4.98 Å². The first-order chi connectivity index (χ1) is 21.9. The van der Waals surface area contributed by atoms with E-state index in [4.69, 9.17) is 9.40 Å². The molecule has 258 valence electrons. The minimum Gasteiger partial charge on any atom is -0.675 e. The predicted octanol–water partition coefficient (Wildman–Crippen LogP) is 12.8. The number of hydrogen-bond acceptors (Lipinski definition) is 2. The Morgan fingerprint density at radius 1 is 0.771 bits per heavy atom. The molecule has 48 heavy (non-hydrogen) atoms. The van der Waals surface area contributed by atoms with Gasteiger partial charge in [-0.1, -0.05) is 125 Å². The Balaban J connectivity index is 0.000000345. The van der Waals surface area contributed by atoms with E-state index < -0.39 is 0 Å². The molecule has 0 spiro atoms. The van der Waals surface area contributed by atoms with Crippen molar-refractivity contribution >= 4 is 32.7 Å². The maximum Gasteiger partial charge on any atom is 3.00 e. The summed E-state index contributed by atoms with van der Waals surface area (Å²) in [6.07, 6.45) is 4.49. The van der Waals surface area contributed by atoms with Gasteiger partial charge in [0.25, 0.3) is 0 Å². The number of nitrogens with zero attached hydrogens (tertiary/aromatic N) is 3. The van der Waals surface area contributed by atoms with Crippen LogP contribution >= 0.6 is 0 Å². The van der Waals surface area contributed by atoms with Crippen LogP contribution < -0.4 is 0 Å². The van der Waals surface area contributed by atoms with Crippen molar-refractivity contribution in [3.63, 3.8) is 0 Å². The molecule has 0 bridgehead atoms. The molecule has 0 atom stereocenters. The third-order valence-electron chi connectivity index (χ3n) is 9.70. The number of furan rings is 1. The van der Waals surface area contributed by atoms with E-state index in [9.17, 15) is 0 Å². The van der Waals surface area contributed by atoms with Crippen LogP contribution in [0.25, 0.3) is 54.6 Å². The summed E-state index contributed by atoms with van der Waals surface area (Å²) in [5.41, 5.74) is 8.14. The fraction of sp³-hybridized carbons (Fsp3) is 0.512. The molecule has 0 aliphatic heterocycles. The summed E-state index contributed by atoms with van der Waals surface area (Å²) >= 11 is 0. The van der Waals surface area contributed by atoms with Crippen LogP contribution in [0.4, 0.5) is 0 Å². The summed E-state index contributed by atoms with van der Waals surface area (Å²) in [4.78, 5) is 4.83. The Bertz CT molecular complexity index is 1860. The smallest absolute Gasteiger partial charge is 0.675 e. The average molecular weight is 823 g/mol. The third-order valence-corrected chi connectivity index (χ3v) is 9.70. The number of rotatable bonds is 6. The van der Waals surface area contributed by atoms with Crippen LogP contribution in [0.15, 0.2) is 59.1 Å². The number of hydrogen-bond donors (Lipinski definition) is 0. The number of aromatic nitrogens is 1. The molecule has 0 unspecified atom stereocenters. The molecule has 6 rings (SSSR count). The van der Waals surface area contributed by atoms with Crippen LogP contribution in [0.2, 0.25) is 0 Å². The molecule has 0 radical (unpaired) electrons. The summed E-state index contributed by atoms with van der Waals surface area (Å²) in [5.74, 6) is 0.523. The van der Waals surface area contributed by atoms with Crippen molar-refractivity contribution in [2.75, 3.05) is 0 Å². The van der Waals surface area contributed by atoms with E-state index >= 15 is 0 Å². The largest absolute Gasteiger partial charge is 3.00 e. The molecule has 1 aliphatic rings. The SMILES string of the molecule is CC(C)(C)c1cc(-c2nccc3c2oc2cc4c(cc23)C(C)(C)CCC4(C)C)[c-]c2ccccc12.CC(C)[N-]C([N-]C(C)C)C(C)C.[Ir+3]. The van der Waals surface area contributed by atoms with Gasteiger partial charge in [-0.15, -0.1) is 41.2 Å². The second kappa shape index (κ2) is 14.4. The van der Waals surface area contributed by atoms with E-state index in [0.717, 1.165) is 33.2 Å². The summed E-state index contributed by atoms with van der Waals surface area (Å²) in [6, 6.07) is 22.0. The van der Waals surface area contributed by atoms with E-state index in [0.29, 0.717) is 18.0 Å². The van der Waals surface area contributed by atoms with Crippen LogP contribution in [-0.2, 0) is 36.4 Å². The predicted molar refractivity (Wildman–Crippen MR) is 203 cm³/mol. The van der Waals surface area contributed by atoms with Gasteiger partial charge < -0.3 is 15.1 Å². The minimum atomic E-state index is 0. The molecule has 5 heteroatoms. The van der Waals surface area contributed by atoms with Gasteiger partial charge in [0.2, 0.25) is 0 Å². The van der Waals surface area contributed by atoms with E-state index in [1.165, 1.54) is 40.3 Å². The van der Waals surface area contributed by atoms with E-state index in [1.807, 2.05) is 6.20 Å². The molecule has 5 aromatic rings. The van der Waals surface area contributed by atoms with E-state index in [1.54, 1.807) is 0 Å². The molecule has 0 saturated carbocycles. The topological polar surface area (TPSA) is 54.2 Å². The van der Waals surface area contributed by atoms with Gasteiger partial charge >= 0.3 is 20.1 Å². The Hall–Kier alpha value is -2.56. The van der Waals surface area contributed by atoms with Gasteiger partial charge in [0.15, 0.2) is 0 Å². The molecular formula is C43H56IrN3O. The Morgan fingerprint density at radius 3 is 1.92 bits per heavy atom. The fourth-order valence-corrected chi connectivity index (χ4v) is 6.93. The molecule has 0 N–H and O–H groups in total. The second-order valence-corrected chi connectivity index (χ2v) is 16.8. The first kappa shape index (κ1) is 38.2. The molecule has 0 saturated heterocycles. The standard InChI is InChI=1S/C33H34NO.C10H22N2.Ir/c1-31(2,3)25-17-21(16-20-10-8-9-11-22(20)25)29-30-23(12-15-34-29)24-18-26-27(19-28(24)35-30)33(6,7)14-13-32(26,4)5;1-7(2)10(11-8(3)4)12-9(5)6;/h8-12,15,17-19H,13-14H2,1-7H3;7-10H,1-6H3;/q-1;-2;+3. The minimum absolute atomic E-state index is 0. The van der Waals surface area contributed by atoms with Crippen LogP contribution in [0.3, 0.4) is 0 Å². The summed E-state index contributed by atoms with van der Waals surface area (Å²) in [6.45, 7) is 29.0. The molecule has 3 aromatic carbocycles. The molecular weight excluding hydrogens is 767 g/mol. The van der Waals surface area contributed by atoms with Gasteiger partial charge in [-0.25, -0.2) is 6.17 Å². The maximum absolute atomic E-state index is 6.62. The van der Waals surface area contributed by atoms with Crippen LogP contribution in [-0.4, -0.2) is 23.2 Å². The first-order valence-electron chi connectivity index (χ1n) is 17.6. The van der Waals surface area contributed by atoms with Crippen molar-refractivity contribution in [3.8, 4) is 11.3 Å². The zero-order valence-corrected chi connectivity index (χ0v) is 33.9. The van der Waals surface area contributed by atoms with E-state index in [-0.39, 0.29) is 42.5 Å². The zero-order valence-electron chi connectivity index (χ0n) is 31.5. The molecule has 2 aromatic heterocycles. The number of pyridine rings is 1. The maximum atomic E-state index is 6.62. The van der Waals surface area contributed by atoms with Crippen LogP contribution in [0.1, 0.15) is 120 Å². The summed E-state index contributed by atoms with van der Waals surface area (Å²) < 4.78 is 6.62. The van der Waals surface area contributed by atoms with Gasteiger partial charge in [-0.05, 0) is 58.4 Å². The summed E-state index contributed by atoms with van der Waals surface area (Å²) in [5, 5.41) is 13.8. The average Bonchev–Trinajstić information content (AvgIpc) is 3.35. The van der Waals surface area contributed by atoms with Gasteiger partial charge in [0, 0.05) is 22.7 Å². The van der Waals surface area contributed by atoms with Crippen molar-refractivity contribution in [1.29, 1.82) is 0 Å². The fourth-order valence-electron chi connectivity index (χ4n) is 6.93. The van der Waals surface area contributed by atoms with Gasteiger partial charge in [-0.2, -0.15) is 0 Å². The Labute approximate surface area is 303 Å². The monoisotopic (exact) mass is 823 g/mol. The Kier molecular flexibility index (Phi) is 11.4. The first-order valence-corrected chi connectivity index (χ1v) is 17.6. The van der Waals surface area contributed by atoms with Crippen LogP contribution in [0.5, 0.6) is 0 Å². The third kappa shape index (κ3) is 7.91. The zero-order chi connectivity index (χ0) is 34.5. The van der Waals surface area contributed by atoms with Crippen molar-refractivity contribution in [2.45, 2.75) is 137 Å². The van der Waals surface area contributed by atoms with Crippen molar-refractivity contribution in [2.24, 2.45) is 5.92 Å². The molecule has 4 nitrogen and oxygen atoms in total. The number of fused-ring (bicyclic) bond motifs is 5. The molecule has 2 heterocycles. The number of benzene rings is 3. The second-order valence-electron chi connectivity index (χ2n) is 16.8. The quantitative estimate of drug-likeness (QED) is 0.160. The molecule has 0 fully saturated rings. The van der Waals surface area contributed by atoms with Crippen molar-refractivity contribution in [3.05, 3.63) is 88.1 Å². The molecule has 1 aliphatic carbocycles. The Morgan fingerprint density at radius 2 is 1.35 bits per heavy atom. The summed E-state index contributed by atoms with van der Waals surface area (Å²) in [7, 11) is 0. The van der Waals surface area contributed by atoms with Crippen molar-refractivity contribution < 1.29 is 24.5 Å². The van der Waals surface area contributed by atoms with E-state index in [2.05, 4.69) is 155 Å². The molecule has 0 amide bonds. The van der Waals surface area contributed by atoms with Gasteiger partial charge in [0.05, 0.1) is 0 Å². The van der Waals surface area contributed by atoms with Gasteiger partial charge in [0.1, 0.15) is 11.2 Å².